The van der Waals surface area contributed by atoms with Crippen molar-refractivity contribution in [1.29, 1.82) is 0 Å². The van der Waals surface area contributed by atoms with E-state index in [1.807, 2.05) is 0 Å². The quantitative estimate of drug-likeness (QED) is 0.854. The molecule has 3 rings (SSSR count). The van der Waals surface area contributed by atoms with Crippen LogP contribution in [-0.4, -0.2) is 18.0 Å². The molecule has 4 heteroatoms. The second kappa shape index (κ2) is 5.08. The number of aliphatic imine (C=N–C) groups is 1. The number of nitrogens with zero attached hydrogens (tertiary/aromatic N) is 2. The van der Waals surface area contributed by atoms with E-state index in [0.717, 1.165) is 31.0 Å². The van der Waals surface area contributed by atoms with Gasteiger partial charge in [-0.05, 0) is 49.4 Å². The van der Waals surface area contributed by atoms with Crippen LogP contribution >= 0.6 is 0 Å². The summed E-state index contributed by atoms with van der Waals surface area (Å²) in [4.78, 5) is 6.63. The van der Waals surface area contributed by atoms with Crippen molar-refractivity contribution in [3.05, 3.63) is 30.1 Å². The fraction of sp³-hybridized carbons (Fsp3) is 0.562. The van der Waals surface area contributed by atoms with Gasteiger partial charge in [0.15, 0.2) is 5.96 Å². The van der Waals surface area contributed by atoms with Gasteiger partial charge in [0.25, 0.3) is 0 Å². The Morgan fingerprint density at radius 1 is 1.25 bits per heavy atom. The van der Waals surface area contributed by atoms with Crippen LogP contribution in [0.2, 0.25) is 0 Å². The van der Waals surface area contributed by atoms with E-state index in [-0.39, 0.29) is 11.4 Å². The fourth-order valence-corrected chi connectivity index (χ4v) is 3.55. The molecule has 0 radical (unpaired) electrons. The topological polar surface area (TPSA) is 41.6 Å². The number of hydrogen-bond donors (Lipinski definition) is 1. The Labute approximate surface area is 119 Å². The molecule has 2 N–H and O–H groups in total. The highest BCUT2D eigenvalue weighted by Gasteiger charge is 2.43. The first-order chi connectivity index (χ1) is 9.61. The molecule has 1 saturated carbocycles. The number of halogens is 1. The van der Waals surface area contributed by atoms with E-state index in [1.54, 1.807) is 12.1 Å². The lowest BCUT2D eigenvalue weighted by Gasteiger charge is -2.39. The molecule has 2 aliphatic rings. The Hall–Kier alpha value is -1.58. The average Bonchev–Trinajstić information content (AvgIpc) is 2.63. The summed E-state index contributed by atoms with van der Waals surface area (Å²) in [5.41, 5.74) is 7.09. The highest BCUT2D eigenvalue weighted by molar-refractivity contribution is 5.98. The molecule has 1 aromatic carbocycles. The summed E-state index contributed by atoms with van der Waals surface area (Å²) in [7, 11) is 0. The van der Waals surface area contributed by atoms with Crippen LogP contribution in [0.3, 0.4) is 0 Å². The summed E-state index contributed by atoms with van der Waals surface area (Å²) in [5.74, 6) is 1.13. The fourth-order valence-electron chi connectivity index (χ4n) is 3.55. The maximum atomic E-state index is 13.1. The largest absolute Gasteiger partial charge is 0.369 e. The molecule has 0 aromatic heterocycles. The van der Waals surface area contributed by atoms with Gasteiger partial charge in [0.2, 0.25) is 0 Å². The molecule has 1 aliphatic carbocycles. The minimum atomic E-state index is -0.216. The van der Waals surface area contributed by atoms with Gasteiger partial charge < -0.3 is 10.6 Å². The molecule has 20 heavy (non-hydrogen) atoms. The Morgan fingerprint density at radius 3 is 2.75 bits per heavy atom. The van der Waals surface area contributed by atoms with Crippen LogP contribution < -0.4 is 10.6 Å². The standard InChI is InChI=1S/C16H22FN3/c1-12-3-2-9-16(10-8-12)11-19-15(18)20(16)14-6-4-13(17)5-7-14/h4-7,12H,2-3,8-11H2,1H3,(H2,18,19). The predicted molar refractivity (Wildman–Crippen MR) is 80.3 cm³/mol. The van der Waals surface area contributed by atoms with E-state index >= 15 is 0 Å². The highest BCUT2D eigenvalue weighted by atomic mass is 19.1. The van der Waals surface area contributed by atoms with E-state index in [1.165, 1.54) is 31.4 Å². The zero-order valence-corrected chi connectivity index (χ0v) is 12.0. The molecular weight excluding hydrogens is 253 g/mol. The van der Waals surface area contributed by atoms with Crippen LogP contribution in [0.1, 0.15) is 39.0 Å². The highest BCUT2D eigenvalue weighted by Crippen LogP contribution is 2.40. The van der Waals surface area contributed by atoms with Crippen molar-refractivity contribution < 1.29 is 4.39 Å². The van der Waals surface area contributed by atoms with Crippen molar-refractivity contribution in [3.8, 4) is 0 Å². The summed E-state index contributed by atoms with van der Waals surface area (Å²) < 4.78 is 13.1. The zero-order chi connectivity index (χ0) is 14.2. The maximum absolute atomic E-state index is 13.1. The third-order valence-corrected chi connectivity index (χ3v) is 4.77. The maximum Gasteiger partial charge on any atom is 0.196 e. The number of rotatable bonds is 1. The van der Waals surface area contributed by atoms with Crippen molar-refractivity contribution in [3.63, 3.8) is 0 Å². The molecule has 1 aliphatic heterocycles. The third kappa shape index (κ3) is 2.28. The molecule has 3 nitrogen and oxygen atoms in total. The van der Waals surface area contributed by atoms with E-state index in [2.05, 4.69) is 16.8 Å². The Morgan fingerprint density at radius 2 is 2.00 bits per heavy atom. The van der Waals surface area contributed by atoms with Crippen molar-refractivity contribution in [2.75, 3.05) is 11.4 Å². The minimum Gasteiger partial charge on any atom is -0.369 e. The molecule has 2 unspecified atom stereocenters. The van der Waals surface area contributed by atoms with Crippen LogP contribution in [0.25, 0.3) is 0 Å². The van der Waals surface area contributed by atoms with Crippen LogP contribution in [0.4, 0.5) is 10.1 Å². The summed E-state index contributed by atoms with van der Waals surface area (Å²) >= 11 is 0. The number of hydrogen-bond acceptors (Lipinski definition) is 3. The second-order valence-corrected chi connectivity index (χ2v) is 6.25. The summed E-state index contributed by atoms with van der Waals surface area (Å²) in [6.07, 6.45) is 5.91. The predicted octanol–water partition coefficient (Wildman–Crippen LogP) is 3.30. The van der Waals surface area contributed by atoms with Gasteiger partial charge in [-0.15, -0.1) is 0 Å². The molecule has 2 atom stereocenters. The van der Waals surface area contributed by atoms with Gasteiger partial charge in [0.05, 0.1) is 12.1 Å². The molecule has 0 saturated heterocycles. The molecule has 1 aromatic rings. The molecule has 1 heterocycles. The van der Waals surface area contributed by atoms with Gasteiger partial charge in [0, 0.05) is 5.69 Å². The van der Waals surface area contributed by atoms with E-state index in [0.29, 0.717) is 5.96 Å². The molecule has 108 valence electrons. The first-order valence-electron chi connectivity index (χ1n) is 7.46. The van der Waals surface area contributed by atoms with Crippen molar-refractivity contribution in [2.24, 2.45) is 16.6 Å². The van der Waals surface area contributed by atoms with Crippen LogP contribution in [0.15, 0.2) is 29.3 Å². The molecule has 0 amide bonds. The first-order valence-corrected chi connectivity index (χ1v) is 7.46. The smallest absolute Gasteiger partial charge is 0.196 e. The number of nitrogens with two attached hydrogens (primary N) is 1. The van der Waals surface area contributed by atoms with Crippen molar-refractivity contribution in [2.45, 2.75) is 44.6 Å². The van der Waals surface area contributed by atoms with Crippen LogP contribution in [0.5, 0.6) is 0 Å². The van der Waals surface area contributed by atoms with Crippen molar-refractivity contribution in [1.82, 2.24) is 0 Å². The number of benzene rings is 1. The summed E-state index contributed by atoms with van der Waals surface area (Å²) in [5, 5.41) is 0. The molecule has 0 bridgehead atoms. The molecule has 1 fully saturated rings. The summed E-state index contributed by atoms with van der Waals surface area (Å²) in [6.45, 7) is 3.09. The van der Waals surface area contributed by atoms with E-state index in [9.17, 15) is 4.39 Å². The van der Waals surface area contributed by atoms with E-state index in [4.69, 9.17) is 5.73 Å². The molecular formula is C16H22FN3. The lowest BCUT2D eigenvalue weighted by atomic mass is 9.88. The third-order valence-electron chi connectivity index (χ3n) is 4.77. The van der Waals surface area contributed by atoms with Gasteiger partial charge in [-0.3, -0.25) is 4.99 Å². The van der Waals surface area contributed by atoms with E-state index < -0.39 is 0 Å². The van der Waals surface area contributed by atoms with Crippen molar-refractivity contribution >= 4 is 11.6 Å². The minimum absolute atomic E-state index is 0.00662. The Bertz CT molecular complexity index is 511. The lowest BCUT2D eigenvalue weighted by molar-refractivity contribution is 0.392. The summed E-state index contributed by atoms with van der Waals surface area (Å²) in [6, 6.07) is 6.60. The SMILES string of the molecule is CC1CCCC2(CC1)CN=C(N)N2c1ccc(F)cc1. The Balaban J connectivity index is 1.93. The zero-order valence-electron chi connectivity index (χ0n) is 12.0. The number of guanidine groups is 1. The monoisotopic (exact) mass is 275 g/mol. The van der Waals surface area contributed by atoms with Crippen LogP contribution in [0, 0.1) is 11.7 Å². The normalized spacial score (nSPS) is 30.4. The van der Waals surface area contributed by atoms with Crippen LogP contribution in [-0.2, 0) is 0 Å². The van der Waals surface area contributed by atoms with Gasteiger partial charge in [-0.25, -0.2) is 4.39 Å². The lowest BCUT2D eigenvalue weighted by Crippen LogP contribution is -2.51. The average molecular weight is 275 g/mol. The second-order valence-electron chi connectivity index (χ2n) is 6.25. The van der Waals surface area contributed by atoms with Gasteiger partial charge in [-0.2, -0.15) is 0 Å². The van der Waals surface area contributed by atoms with Gasteiger partial charge in [-0.1, -0.05) is 19.8 Å². The number of anilines is 1. The molecule has 1 spiro atoms. The Kier molecular flexibility index (Phi) is 3.40. The van der Waals surface area contributed by atoms with Gasteiger partial charge >= 0.3 is 0 Å². The first kappa shape index (κ1) is 13.4. The van der Waals surface area contributed by atoms with Gasteiger partial charge in [0.1, 0.15) is 5.82 Å².